The first-order valence-electron chi connectivity index (χ1n) is 7.53. The largest absolute Gasteiger partial charge is 0.298 e. The summed E-state index contributed by atoms with van der Waals surface area (Å²) in [5.74, 6) is 0. The Hall–Kier alpha value is -0.570. The highest BCUT2D eigenvalue weighted by molar-refractivity contribution is 6.31. The predicted molar refractivity (Wildman–Crippen MR) is 80.6 cm³/mol. The Bertz CT molecular complexity index is 407. The van der Waals surface area contributed by atoms with Crippen LogP contribution >= 0.6 is 11.6 Å². The third-order valence-electron chi connectivity index (χ3n) is 4.60. The van der Waals surface area contributed by atoms with Crippen LogP contribution in [0.15, 0.2) is 24.3 Å². The van der Waals surface area contributed by atoms with E-state index in [2.05, 4.69) is 21.9 Å². The molecule has 1 saturated carbocycles. The highest BCUT2D eigenvalue weighted by Crippen LogP contribution is 2.25. The minimum Gasteiger partial charge on any atom is -0.298 e. The highest BCUT2D eigenvalue weighted by atomic mass is 35.5. The van der Waals surface area contributed by atoms with Crippen LogP contribution in [0.25, 0.3) is 0 Å². The maximum Gasteiger partial charge on any atom is 0.0451 e. The number of nitrogens with zero attached hydrogens (tertiary/aromatic N) is 2. The van der Waals surface area contributed by atoms with E-state index in [0.29, 0.717) is 0 Å². The molecule has 0 atom stereocenters. The van der Waals surface area contributed by atoms with E-state index >= 15 is 0 Å². The average Bonchev–Trinajstić information content (AvgIpc) is 2.96. The van der Waals surface area contributed by atoms with Crippen LogP contribution in [0.5, 0.6) is 0 Å². The number of benzene rings is 1. The zero-order valence-electron chi connectivity index (χ0n) is 11.5. The van der Waals surface area contributed by atoms with Crippen molar-refractivity contribution in [2.75, 3.05) is 26.2 Å². The van der Waals surface area contributed by atoms with Gasteiger partial charge in [0.1, 0.15) is 0 Å². The molecule has 0 N–H and O–H groups in total. The number of piperazine rings is 1. The van der Waals surface area contributed by atoms with Crippen molar-refractivity contribution in [1.82, 2.24) is 9.80 Å². The fraction of sp³-hybridized carbons (Fsp3) is 0.625. The molecule has 0 unspecified atom stereocenters. The molecule has 0 amide bonds. The maximum absolute atomic E-state index is 6.24. The van der Waals surface area contributed by atoms with Crippen molar-refractivity contribution in [3.8, 4) is 0 Å². The van der Waals surface area contributed by atoms with Crippen LogP contribution in [-0.2, 0) is 6.54 Å². The van der Waals surface area contributed by atoms with Gasteiger partial charge in [-0.25, -0.2) is 0 Å². The molecule has 1 saturated heterocycles. The van der Waals surface area contributed by atoms with Gasteiger partial charge in [-0.2, -0.15) is 0 Å². The molecule has 0 spiro atoms. The van der Waals surface area contributed by atoms with Gasteiger partial charge in [-0.15, -0.1) is 0 Å². The zero-order valence-corrected chi connectivity index (χ0v) is 12.3. The smallest absolute Gasteiger partial charge is 0.0451 e. The molecular formula is C16H23ClN2. The number of halogens is 1. The van der Waals surface area contributed by atoms with Gasteiger partial charge in [0.2, 0.25) is 0 Å². The molecule has 104 valence electrons. The van der Waals surface area contributed by atoms with Gasteiger partial charge >= 0.3 is 0 Å². The summed E-state index contributed by atoms with van der Waals surface area (Å²) in [5, 5.41) is 0.903. The van der Waals surface area contributed by atoms with Crippen LogP contribution in [-0.4, -0.2) is 42.0 Å². The van der Waals surface area contributed by atoms with E-state index in [1.54, 1.807) is 0 Å². The normalized spacial score (nSPS) is 23.0. The van der Waals surface area contributed by atoms with E-state index in [1.807, 2.05) is 12.1 Å². The van der Waals surface area contributed by atoms with E-state index in [9.17, 15) is 0 Å². The van der Waals surface area contributed by atoms with Gasteiger partial charge in [0.25, 0.3) is 0 Å². The van der Waals surface area contributed by atoms with Crippen molar-refractivity contribution >= 4 is 11.6 Å². The summed E-state index contributed by atoms with van der Waals surface area (Å²) >= 11 is 6.24. The van der Waals surface area contributed by atoms with Crippen LogP contribution in [0.4, 0.5) is 0 Å². The van der Waals surface area contributed by atoms with Crippen molar-refractivity contribution in [2.24, 2.45) is 0 Å². The molecule has 3 heteroatoms. The van der Waals surface area contributed by atoms with Gasteiger partial charge in [0.15, 0.2) is 0 Å². The lowest BCUT2D eigenvalue weighted by Crippen LogP contribution is -2.49. The van der Waals surface area contributed by atoms with Crippen molar-refractivity contribution in [2.45, 2.75) is 38.3 Å². The summed E-state index contributed by atoms with van der Waals surface area (Å²) < 4.78 is 0. The Balaban J connectivity index is 1.51. The minimum atomic E-state index is 0.877. The third-order valence-corrected chi connectivity index (χ3v) is 4.97. The standard InChI is InChI=1S/C16H23ClN2/c17-16-8-4-1-5-14(16)13-18-9-11-19(12-10-18)15-6-2-3-7-15/h1,4-5,8,15H,2-3,6-7,9-13H2. The molecule has 0 aromatic heterocycles. The lowest BCUT2D eigenvalue weighted by atomic mass is 10.1. The van der Waals surface area contributed by atoms with E-state index < -0.39 is 0 Å². The fourth-order valence-corrected chi connectivity index (χ4v) is 3.62. The van der Waals surface area contributed by atoms with Gasteiger partial charge in [0, 0.05) is 43.8 Å². The Morgan fingerprint density at radius 3 is 2.37 bits per heavy atom. The van der Waals surface area contributed by atoms with E-state index in [-0.39, 0.29) is 0 Å². The second-order valence-corrected chi connectivity index (χ2v) is 6.25. The average molecular weight is 279 g/mol. The van der Waals surface area contributed by atoms with Crippen molar-refractivity contribution < 1.29 is 0 Å². The van der Waals surface area contributed by atoms with Crippen molar-refractivity contribution in [1.29, 1.82) is 0 Å². The molecule has 19 heavy (non-hydrogen) atoms. The van der Waals surface area contributed by atoms with Crippen molar-refractivity contribution in [3.63, 3.8) is 0 Å². The first kappa shape index (κ1) is 13.4. The SMILES string of the molecule is Clc1ccccc1CN1CCN(C2CCCC2)CC1. The Labute approximate surface area is 121 Å². The van der Waals surface area contributed by atoms with Crippen LogP contribution in [0, 0.1) is 0 Å². The molecule has 2 fully saturated rings. The van der Waals surface area contributed by atoms with Crippen LogP contribution in [0.3, 0.4) is 0 Å². The highest BCUT2D eigenvalue weighted by Gasteiger charge is 2.26. The molecule has 1 aliphatic carbocycles. The number of hydrogen-bond acceptors (Lipinski definition) is 2. The number of rotatable bonds is 3. The summed E-state index contributed by atoms with van der Waals surface area (Å²) in [4.78, 5) is 5.24. The van der Waals surface area contributed by atoms with Gasteiger partial charge < -0.3 is 0 Å². The van der Waals surface area contributed by atoms with Crippen LogP contribution in [0.1, 0.15) is 31.2 Å². The van der Waals surface area contributed by atoms with Gasteiger partial charge in [-0.3, -0.25) is 9.80 Å². The van der Waals surface area contributed by atoms with Gasteiger partial charge in [-0.1, -0.05) is 42.6 Å². The zero-order chi connectivity index (χ0) is 13.1. The molecule has 0 bridgehead atoms. The monoisotopic (exact) mass is 278 g/mol. The second-order valence-electron chi connectivity index (χ2n) is 5.84. The fourth-order valence-electron chi connectivity index (χ4n) is 3.42. The van der Waals surface area contributed by atoms with Crippen LogP contribution < -0.4 is 0 Å². The summed E-state index contributed by atoms with van der Waals surface area (Å²) in [6.45, 7) is 5.83. The summed E-state index contributed by atoms with van der Waals surface area (Å²) in [7, 11) is 0. The first-order valence-corrected chi connectivity index (χ1v) is 7.90. The summed E-state index contributed by atoms with van der Waals surface area (Å²) in [5.41, 5.74) is 1.26. The summed E-state index contributed by atoms with van der Waals surface area (Å²) in [6.07, 6.45) is 5.71. The topological polar surface area (TPSA) is 6.48 Å². The van der Waals surface area contributed by atoms with E-state index in [0.717, 1.165) is 17.6 Å². The maximum atomic E-state index is 6.24. The van der Waals surface area contributed by atoms with E-state index in [4.69, 9.17) is 11.6 Å². The molecule has 0 radical (unpaired) electrons. The molecule has 1 aromatic carbocycles. The Morgan fingerprint density at radius 1 is 1.00 bits per heavy atom. The molecule has 2 aliphatic rings. The third kappa shape index (κ3) is 3.31. The molecular weight excluding hydrogens is 256 g/mol. The minimum absolute atomic E-state index is 0.877. The molecule has 1 heterocycles. The quantitative estimate of drug-likeness (QED) is 0.836. The summed E-state index contributed by atoms with van der Waals surface area (Å²) in [6, 6.07) is 9.10. The Morgan fingerprint density at radius 2 is 1.68 bits per heavy atom. The van der Waals surface area contributed by atoms with Crippen molar-refractivity contribution in [3.05, 3.63) is 34.9 Å². The first-order chi connectivity index (χ1) is 9.33. The van der Waals surface area contributed by atoms with Gasteiger partial charge in [0.05, 0.1) is 0 Å². The lowest BCUT2D eigenvalue weighted by Gasteiger charge is -2.38. The molecule has 1 aliphatic heterocycles. The lowest BCUT2D eigenvalue weighted by molar-refractivity contribution is 0.0937. The van der Waals surface area contributed by atoms with Crippen LogP contribution in [0.2, 0.25) is 5.02 Å². The molecule has 2 nitrogen and oxygen atoms in total. The van der Waals surface area contributed by atoms with Gasteiger partial charge in [-0.05, 0) is 24.5 Å². The predicted octanol–water partition coefficient (Wildman–Crippen LogP) is 3.40. The number of hydrogen-bond donors (Lipinski definition) is 0. The second kappa shape index (κ2) is 6.25. The van der Waals surface area contributed by atoms with E-state index in [1.165, 1.54) is 57.4 Å². The molecule has 3 rings (SSSR count). The Kier molecular flexibility index (Phi) is 4.42. The molecule has 1 aromatic rings.